The minimum atomic E-state index is -3.51. The summed E-state index contributed by atoms with van der Waals surface area (Å²) in [4.78, 5) is 0.195. The van der Waals surface area contributed by atoms with Crippen molar-refractivity contribution in [1.29, 1.82) is 0 Å². The molecule has 0 bridgehead atoms. The molecule has 0 aromatic heterocycles. The Hall–Kier alpha value is -1.36. The van der Waals surface area contributed by atoms with Crippen LogP contribution in [0.5, 0.6) is 0 Å². The van der Waals surface area contributed by atoms with Crippen LogP contribution in [0.1, 0.15) is 17.9 Å². The fourth-order valence-electron chi connectivity index (χ4n) is 2.74. The van der Waals surface area contributed by atoms with E-state index >= 15 is 0 Å². The van der Waals surface area contributed by atoms with Gasteiger partial charge in [0.2, 0.25) is 10.0 Å². The molecule has 0 amide bonds. The summed E-state index contributed by atoms with van der Waals surface area (Å²) in [5.41, 5.74) is 1.19. The molecule has 2 aromatic rings. The van der Waals surface area contributed by atoms with Crippen LogP contribution < -0.4 is 0 Å². The van der Waals surface area contributed by atoms with Crippen molar-refractivity contribution < 1.29 is 8.42 Å². The quantitative estimate of drug-likeness (QED) is 0.867. The predicted octanol–water partition coefficient (Wildman–Crippen LogP) is 3.52. The van der Waals surface area contributed by atoms with Gasteiger partial charge < -0.3 is 0 Å². The monoisotopic (exact) mass is 321 g/mol. The van der Waals surface area contributed by atoms with Crippen molar-refractivity contribution >= 4 is 21.6 Å². The summed E-state index contributed by atoms with van der Waals surface area (Å²) < 4.78 is 26.9. The summed E-state index contributed by atoms with van der Waals surface area (Å²) in [7, 11) is -3.51. The van der Waals surface area contributed by atoms with Gasteiger partial charge in [-0.25, -0.2) is 8.42 Å². The van der Waals surface area contributed by atoms with Gasteiger partial charge >= 0.3 is 0 Å². The molecule has 0 N–H and O–H groups in total. The fourth-order valence-corrected chi connectivity index (χ4v) is 4.73. The van der Waals surface area contributed by atoms with Gasteiger partial charge in [0.15, 0.2) is 0 Å². The number of hydrogen-bond donors (Lipinski definition) is 0. The number of halogens is 1. The normalized spacial score (nSPS) is 19.8. The van der Waals surface area contributed by atoms with E-state index in [9.17, 15) is 8.42 Å². The van der Waals surface area contributed by atoms with E-state index in [0.717, 1.165) is 6.42 Å². The summed E-state index contributed by atoms with van der Waals surface area (Å²) in [6, 6.07) is 16.7. The smallest absolute Gasteiger partial charge is 0.207 e. The van der Waals surface area contributed by atoms with E-state index in [-0.39, 0.29) is 15.8 Å². The molecule has 5 heteroatoms. The van der Waals surface area contributed by atoms with Crippen LogP contribution in [0.25, 0.3) is 0 Å². The highest BCUT2D eigenvalue weighted by Gasteiger charge is 2.34. The molecule has 0 radical (unpaired) electrons. The van der Waals surface area contributed by atoms with Gasteiger partial charge in [0.25, 0.3) is 0 Å². The van der Waals surface area contributed by atoms with Crippen LogP contribution in [-0.2, 0) is 10.0 Å². The minimum Gasteiger partial charge on any atom is -0.207 e. The second kappa shape index (κ2) is 5.79. The van der Waals surface area contributed by atoms with Crippen molar-refractivity contribution in [3.63, 3.8) is 0 Å². The van der Waals surface area contributed by atoms with Gasteiger partial charge in [-0.2, -0.15) is 4.31 Å². The SMILES string of the molecule is O=S(=O)(c1ccccc1Cl)N1CCC(c2ccccc2)C1. The summed E-state index contributed by atoms with van der Waals surface area (Å²) in [5.74, 6) is 0.253. The van der Waals surface area contributed by atoms with Gasteiger partial charge in [0.1, 0.15) is 4.90 Å². The molecule has 0 saturated carbocycles. The molecule has 1 saturated heterocycles. The summed E-state index contributed by atoms with van der Waals surface area (Å²) in [6.07, 6.45) is 0.841. The van der Waals surface area contributed by atoms with Crippen molar-refractivity contribution in [2.75, 3.05) is 13.1 Å². The first-order chi connectivity index (χ1) is 10.1. The summed E-state index contributed by atoms with van der Waals surface area (Å²) in [5, 5.41) is 0.278. The molecular weight excluding hydrogens is 306 g/mol. The number of hydrogen-bond acceptors (Lipinski definition) is 2. The largest absolute Gasteiger partial charge is 0.244 e. The van der Waals surface area contributed by atoms with Gasteiger partial charge in [-0.1, -0.05) is 54.1 Å². The molecule has 2 aromatic carbocycles. The van der Waals surface area contributed by atoms with Gasteiger partial charge in [-0.15, -0.1) is 0 Å². The topological polar surface area (TPSA) is 37.4 Å². The minimum absolute atomic E-state index is 0.195. The number of benzene rings is 2. The number of rotatable bonds is 3. The van der Waals surface area contributed by atoms with Crippen LogP contribution in [-0.4, -0.2) is 25.8 Å². The van der Waals surface area contributed by atoms with Crippen LogP contribution >= 0.6 is 11.6 Å². The molecule has 3 nitrogen and oxygen atoms in total. The zero-order chi connectivity index (χ0) is 14.9. The average Bonchev–Trinajstić information content (AvgIpc) is 2.99. The Morgan fingerprint density at radius 1 is 1.00 bits per heavy atom. The second-order valence-corrected chi connectivity index (χ2v) is 7.50. The zero-order valence-corrected chi connectivity index (χ0v) is 13.0. The molecule has 1 unspecified atom stereocenters. The van der Waals surface area contributed by atoms with Crippen molar-refractivity contribution in [3.05, 3.63) is 65.2 Å². The van der Waals surface area contributed by atoms with Crippen LogP contribution in [0.2, 0.25) is 5.02 Å². The van der Waals surface area contributed by atoms with E-state index in [4.69, 9.17) is 11.6 Å². The highest BCUT2D eigenvalue weighted by Crippen LogP contribution is 2.32. The maximum atomic E-state index is 12.7. The Labute approximate surface area is 130 Å². The van der Waals surface area contributed by atoms with Crippen LogP contribution in [0.15, 0.2) is 59.5 Å². The molecule has 3 rings (SSSR count). The lowest BCUT2D eigenvalue weighted by Gasteiger charge is -2.17. The van der Waals surface area contributed by atoms with Crippen LogP contribution in [0.4, 0.5) is 0 Å². The van der Waals surface area contributed by atoms with Crippen molar-refractivity contribution in [3.8, 4) is 0 Å². The van der Waals surface area contributed by atoms with E-state index < -0.39 is 10.0 Å². The molecule has 110 valence electrons. The molecule has 1 aliphatic rings. The molecule has 1 aliphatic heterocycles. The summed E-state index contributed by atoms with van der Waals surface area (Å²) >= 11 is 6.03. The van der Waals surface area contributed by atoms with Crippen molar-refractivity contribution in [2.45, 2.75) is 17.2 Å². The molecule has 1 atom stereocenters. The third kappa shape index (κ3) is 2.84. The first-order valence-electron chi connectivity index (χ1n) is 6.88. The highest BCUT2D eigenvalue weighted by molar-refractivity contribution is 7.89. The molecule has 1 fully saturated rings. The number of nitrogens with zero attached hydrogens (tertiary/aromatic N) is 1. The van der Waals surface area contributed by atoms with E-state index in [0.29, 0.717) is 13.1 Å². The second-order valence-electron chi connectivity index (χ2n) is 5.19. The van der Waals surface area contributed by atoms with Crippen LogP contribution in [0.3, 0.4) is 0 Å². The maximum absolute atomic E-state index is 12.7. The van der Waals surface area contributed by atoms with Gasteiger partial charge in [-0.3, -0.25) is 0 Å². The lowest BCUT2D eigenvalue weighted by atomic mass is 9.99. The maximum Gasteiger partial charge on any atom is 0.244 e. The van der Waals surface area contributed by atoms with Gasteiger partial charge in [-0.05, 0) is 30.0 Å². The molecule has 0 aliphatic carbocycles. The van der Waals surface area contributed by atoms with Crippen molar-refractivity contribution in [1.82, 2.24) is 4.31 Å². The van der Waals surface area contributed by atoms with E-state index in [1.165, 1.54) is 9.87 Å². The predicted molar refractivity (Wildman–Crippen MR) is 84.0 cm³/mol. The Morgan fingerprint density at radius 2 is 1.67 bits per heavy atom. The van der Waals surface area contributed by atoms with E-state index in [1.807, 2.05) is 18.2 Å². The van der Waals surface area contributed by atoms with Crippen molar-refractivity contribution in [2.24, 2.45) is 0 Å². The lowest BCUT2D eigenvalue weighted by Crippen LogP contribution is -2.28. The highest BCUT2D eigenvalue weighted by atomic mass is 35.5. The van der Waals surface area contributed by atoms with Gasteiger partial charge in [0.05, 0.1) is 5.02 Å². The van der Waals surface area contributed by atoms with E-state index in [1.54, 1.807) is 24.3 Å². The van der Waals surface area contributed by atoms with Crippen LogP contribution in [0, 0.1) is 0 Å². The third-order valence-electron chi connectivity index (χ3n) is 3.88. The Morgan fingerprint density at radius 3 is 2.38 bits per heavy atom. The number of sulfonamides is 1. The van der Waals surface area contributed by atoms with E-state index in [2.05, 4.69) is 12.1 Å². The lowest BCUT2D eigenvalue weighted by molar-refractivity contribution is 0.473. The van der Waals surface area contributed by atoms with Gasteiger partial charge in [0, 0.05) is 13.1 Å². The first kappa shape index (κ1) is 14.6. The molecule has 0 spiro atoms. The first-order valence-corrected chi connectivity index (χ1v) is 8.70. The average molecular weight is 322 g/mol. The standard InChI is InChI=1S/C16H16ClNO2S/c17-15-8-4-5-9-16(15)21(19,20)18-11-10-14(12-18)13-6-2-1-3-7-13/h1-9,14H,10-12H2. The molecule has 21 heavy (non-hydrogen) atoms. The summed E-state index contributed by atoms with van der Waals surface area (Å²) in [6.45, 7) is 1.05. The Kier molecular flexibility index (Phi) is 4.02. The Balaban J connectivity index is 1.85. The zero-order valence-electron chi connectivity index (χ0n) is 11.4. The molecular formula is C16H16ClNO2S. The molecule has 1 heterocycles. The fraction of sp³-hybridized carbons (Fsp3) is 0.250. The third-order valence-corrected chi connectivity index (χ3v) is 6.24. The Bertz CT molecular complexity index is 731.